The Bertz CT molecular complexity index is 250. The Kier molecular flexibility index (Phi) is 4.83. The number of nitrogens with zero attached hydrogens (tertiary/aromatic N) is 2. The first-order chi connectivity index (χ1) is 8.54. The first-order valence-electron chi connectivity index (χ1n) is 6.36. The van der Waals surface area contributed by atoms with Gasteiger partial charge in [-0.2, -0.15) is 13.2 Å². The summed E-state index contributed by atoms with van der Waals surface area (Å²) in [5.74, 6) is 0. The van der Waals surface area contributed by atoms with E-state index in [9.17, 15) is 13.2 Å². The lowest BCUT2D eigenvalue weighted by molar-refractivity contribution is -0.175. The van der Waals surface area contributed by atoms with Gasteiger partial charge < -0.3 is 10.1 Å². The first kappa shape index (κ1) is 14.0. The Morgan fingerprint density at radius 2 is 1.83 bits per heavy atom. The Morgan fingerprint density at radius 3 is 2.44 bits per heavy atom. The molecule has 7 heteroatoms. The normalized spacial score (nSPS) is 24.2. The third-order valence-corrected chi connectivity index (χ3v) is 3.42. The fourth-order valence-corrected chi connectivity index (χ4v) is 2.38. The van der Waals surface area contributed by atoms with Crippen LogP contribution in [0.3, 0.4) is 0 Å². The highest BCUT2D eigenvalue weighted by Gasteiger charge is 2.32. The van der Waals surface area contributed by atoms with Crippen molar-refractivity contribution in [2.45, 2.75) is 12.2 Å². The van der Waals surface area contributed by atoms with Crippen LogP contribution < -0.4 is 5.32 Å². The van der Waals surface area contributed by atoms with E-state index in [4.69, 9.17) is 0 Å². The average molecular weight is 267 g/mol. The predicted molar refractivity (Wildman–Crippen MR) is 61.5 cm³/mol. The predicted octanol–water partition coefficient (Wildman–Crippen LogP) is 0.155. The van der Waals surface area contributed by atoms with Gasteiger partial charge in [-0.3, -0.25) is 9.80 Å². The molecule has 0 saturated carbocycles. The maximum atomic E-state index is 11.8. The molecule has 1 N–H and O–H groups in total. The zero-order valence-corrected chi connectivity index (χ0v) is 10.4. The lowest BCUT2D eigenvalue weighted by atomic mass is 10.1. The van der Waals surface area contributed by atoms with Crippen LogP contribution in [0.4, 0.5) is 13.2 Å². The Morgan fingerprint density at radius 1 is 1.17 bits per heavy atom. The van der Waals surface area contributed by atoms with Crippen molar-refractivity contribution in [2.75, 3.05) is 59.0 Å². The maximum Gasteiger partial charge on any atom is 0.411 e. The molecular weight excluding hydrogens is 247 g/mol. The highest BCUT2D eigenvalue weighted by Crippen LogP contribution is 2.16. The van der Waals surface area contributed by atoms with Gasteiger partial charge in [0, 0.05) is 51.9 Å². The fraction of sp³-hybridized carbons (Fsp3) is 1.00. The second-order valence-electron chi connectivity index (χ2n) is 4.87. The molecule has 2 aliphatic rings. The Labute approximate surface area is 105 Å². The molecular formula is C11H20F3N3O. The Balaban J connectivity index is 1.51. The van der Waals surface area contributed by atoms with Gasteiger partial charge in [-0.05, 0) is 0 Å². The van der Waals surface area contributed by atoms with Gasteiger partial charge in [0.25, 0.3) is 0 Å². The second-order valence-corrected chi connectivity index (χ2v) is 4.87. The van der Waals surface area contributed by atoms with Crippen molar-refractivity contribution in [3.8, 4) is 0 Å². The smallest absolute Gasteiger partial charge is 0.371 e. The molecule has 106 valence electrons. The van der Waals surface area contributed by atoms with Gasteiger partial charge in [0.1, 0.15) is 6.61 Å². The molecule has 0 unspecified atom stereocenters. The number of piperazine rings is 1. The van der Waals surface area contributed by atoms with Crippen LogP contribution >= 0.6 is 0 Å². The van der Waals surface area contributed by atoms with Gasteiger partial charge in [0.15, 0.2) is 0 Å². The standard InChI is InChI=1S/C11H20F3N3O/c12-11(13,14)9-18-6-5-16-7-10(8-16)17-3-1-15-2-4-17/h10,15H,1-9H2. The van der Waals surface area contributed by atoms with Crippen molar-refractivity contribution in [1.82, 2.24) is 15.1 Å². The van der Waals surface area contributed by atoms with Gasteiger partial charge in [0.05, 0.1) is 6.61 Å². The van der Waals surface area contributed by atoms with Gasteiger partial charge in [-0.1, -0.05) is 0 Å². The highest BCUT2D eigenvalue weighted by molar-refractivity contribution is 4.89. The number of halogens is 3. The van der Waals surface area contributed by atoms with Gasteiger partial charge >= 0.3 is 6.18 Å². The van der Waals surface area contributed by atoms with Crippen LogP contribution in [0.1, 0.15) is 0 Å². The second kappa shape index (κ2) is 6.18. The molecule has 2 aliphatic heterocycles. The molecule has 2 rings (SSSR count). The van der Waals surface area contributed by atoms with Crippen molar-refractivity contribution < 1.29 is 17.9 Å². The molecule has 4 nitrogen and oxygen atoms in total. The summed E-state index contributed by atoms with van der Waals surface area (Å²) in [6, 6.07) is 0.578. The van der Waals surface area contributed by atoms with Gasteiger partial charge in [-0.25, -0.2) is 0 Å². The van der Waals surface area contributed by atoms with E-state index in [1.807, 2.05) is 0 Å². The van der Waals surface area contributed by atoms with Crippen LogP contribution in [-0.4, -0.2) is 81.0 Å². The average Bonchev–Trinajstić information content (AvgIpc) is 2.26. The summed E-state index contributed by atoms with van der Waals surface area (Å²) in [6.07, 6.45) is -4.21. The van der Waals surface area contributed by atoms with E-state index < -0.39 is 12.8 Å². The highest BCUT2D eigenvalue weighted by atomic mass is 19.4. The first-order valence-corrected chi connectivity index (χ1v) is 6.36. The minimum absolute atomic E-state index is 0.161. The number of alkyl halides is 3. The van der Waals surface area contributed by atoms with Crippen molar-refractivity contribution in [3.63, 3.8) is 0 Å². The molecule has 0 amide bonds. The quantitative estimate of drug-likeness (QED) is 0.718. The van der Waals surface area contributed by atoms with Crippen LogP contribution in [-0.2, 0) is 4.74 Å². The van der Waals surface area contributed by atoms with E-state index >= 15 is 0 Å². The summed E-state index contributed by atoms with van der Waals surface area (Å²) in [5, 5.41) is 3.30. The molecule has 0 bridgehead atoms. The fourth-order valence-electron chi connectivity index (χ4n) is 2.38. The summed E-state index contributed by atoms with van der Waals surface area (Å²) < 4.78 is 40.1. The van der Waals surface area contributed by atoms with Crippen LogP contribution in [0.25, 0.3) is 0 Å². The lowest BCUT2D eigenvalue weighted by Crippen LogP contribution is -2.63. The molecule has 0 aromatic heterocycles. The van der Waals surface area contributed by atoms with E-state index in [0.29, 0.717) is 12.6 Å². The molecule has 0 spiro atoms. The van der Waals surface area contributed by atoms with E-state index in [0.717, 1.165) is 39.3 Å². The van der Waals surface area contributed by atoms with E-state index in [1.54, 1.807) is 0 Å². The zero-order valence-electron chi connectivity index (χ0n) is 10.4. The topological polar surface area (TPSA) is 27.7 Å². The summed E-state index contributed by atoms with van der Waals surface area (Å²) in [4.78, 5) is 4.59. The number of rotatable bonds is 5. The number of hydrogen-bond donors (Lipinski definition) is 1. The summed E-state index contributed by atoms with van der Waals surface area (Å²) in [5.41, 5.74) is 0. The molecule has 2 saturated heterocycles. The summed E-state index contributed by atoms with van der Waals surface area (Å²) in [7, 11) is 0. The molecule has 0 radical (unpaired) electrons. The van der Waals surface area contributed by atoms with Crippen molar-refractivity contribution in [3.05, 3.63) is 0 Å². The molecule has 2 fully saturated rings. The van der Waals surface area contributed by atoms with Crippen LogP contribution in [0.2, 0.25) is 0 Å². The van der Waals surface area contributed by atoms with Gasteiger partial charge in [0.2, 0.25) is 0 Å². The molecule has 2 heterocycles. The Hall–Kier alpha value is -0.370. The maximum absolute atomic E-state index is 11.8. The zero-order chi connectivity index (χ0) is 13.0. The van der Waals surface area contributed by atoms with E-state index in [2.05, 4.69) is 19.9 Å². The molecule has 0 aromatic carbocycles. The molecule has 0 atom stereocenters. The van der Waals surface area contributed by atoms with Crippen LogP contribution in [0, 0.1) is 0 Å². The minimum atomic E-state index is -4.21. The third-order valence-electron chi connectivity index (χ3n) is 3.42. The minimum Gasteiger partial charge on any atom is -0.371 e. The third kappa shape index (κ3) is 4.38. The molecule has 18 heavy (non-hydrogen) atoms. The molecule has 0 aromatic rings. The van der Waals surface area contributed by atoms with Gasteiger partial charge in [-0.15, -0.1) is 0 Å². The number of likely N-dealkylation sites (tertiary alicyclic amines) is 1. The van der Waals surface area contributed by atoms with Crippen LogP contribution in [0.5, 0.6) is 0 Å². The van der Waals surface area contributed by atoms with Crippen LogP contribution in [0.15, 0.2) is 0 Å². The number of ether oxygens (including phenoxy) is 1. The SMILES string of the molecule is FC(F)(F)COCCN1CC(N2CCNCC2)C1. The lowest BCUT2D eigenvalue weighted by Gasteiger charge is -2.46. The largest absolute Gasteiger partial charge is 0.411 e. The van der Waals surface area contributed by atoms with Crippen molar-refractivity contribution in [2.24, 2.45) is 0 Å². The number of hydrogen-bond acceptors (Lipinski definition) is 4. The van der Waals surface area contributed by atoms with E-state index in [-0.39, 0.29) is 6.61 Å². The summed E-state index contributed by atoms with van der Waals surface area (Å²) in [6.45, 7) is 5.74. The van der Waals surface area contributed by atoms with Crippen molar-refractivity contribution >= 4 is 0 Å². The number of nitrogens with one attached hydrogen (secondary N) is 1. The summed E-state index contributed by atoms with van der Waals surface area (Å²) >= 11 is 0. The van der Waals surface area contributed by atoms with E-state index in [1.165, 1.54) is 0 Å². The monoisotopic (exact) mass is 267 g/mol. The van der Waals surface area contributed by atoms with Crippen molar-refractivity contribution in [1.29, 1.82) is 0 Å². The molecule has 0 aliphatic carbocycles.